The van der Waals surface area contributed by atoms with Gasteiger partial charge in [0.2, 0.25) is 5.91 Å². The molecule has 25 heavy (non-hydrogen) atoms. The fraction of sp³-hybridized carbons (Fsp3) is 0.263. The molecule has 3 N–H and O–H groups in total. The fourth-order valence-corrected chi connectivity index (χ4v) is 2.61. The summed E-state index contributed by atoms with van der Waals surface area (Å²) in [5.41, 5.74) is 9.70. The number of carbonyl (C=O) groups is 1. The molecule has 0 bridgehead atoms. The van der Waals surface area contributed by atoms with E-state index in [1.54, 1.807) is 6.33 Å². The van der Waals surface area contributed by atoms with Crippen LogP contribution in [-0.2, 0) is 4.79 Å². The third kappa shape index (κ3) is 4.00. The molecule has 0 spiro atoms. The van der Waals surface area contributed by atoms with Crippen LogP contribution in [0.5, 0.6) is 0 Å². The fourth-order valence-electron chi connectivity index (χ4n) is 2.61. The van der Waals surface area contributed by atoms with E-state index in [2.05, 4.69) is 10.3 Å². The molecule has 1 aromatic heterocycles. The van der Waals surface area contributed by atoms with E-state index in [-0.39, 0.29) is 24.2 Å². The minimum Gasteiger partial charge on any atom is -0.325 e. The van der Waals surface area contributed by atoms with Gasteiger partial charge in [-0.05, 0) is 42.3 Å². The number of para-hydroxylation sites is 2. The summed E-state index contributed by atoms with van der Waals surface area (Å²) in [6.45, 7) is 4.01. The van der Waals surface area contributed by atoms with Crippen LogP contribution in [0.4, 0.5) is 5.69 Å². The second-order valence-electron chi connectivity index (χ2n) is 6.05. The van der Waals surface area contributed by atoms with Crippen molar-refractivity contribution in [2.75, 3.05) is 5.32 Å². The monoisotopic (exact) mass is 358 g/mol. The molecule has 0 aliphatic rings. The van der Waals surface area contributed by atoms with Crippen LogP contribution in [0.25, 0.3) is 16.7 Å². The number of halogens is 1. The Morgan fingerprint density at radius 2 is 1.88 bits per heavy atom. The number of carbonyl (C=O) groups excluding carboxylic acids is 1. The highest BCUT2D eigenvalue weighted by Gasteiger charge is 2.19. The molecule has 0 saturated heterocycles. The van der Waals surface area contributed by atoms with Gasteiger partial charge in [-0.25, -0.2) is 4.98 Å². The van der Waals surface area contributed by atoms with Gasteiger partial charge >= 0.3 is 0 Å². The number of benzene rings is 2. The number of nitrogens with one attached hydrogen (secondary N) is 1. The molecular weight excluding hydrogens is 336 g/mol. The molecule has 1 amide bonds. The number of anilines is 1. The maximum Gasteiger partial charge on any atom is 0.241 e. The average Bonchev–Trinajstić information content (AvgIpc) is 3.05. The molecule has 2 aromatic carbocycles. The van der Waals surface area contributed by atoms with E-state index in [4.69, 9.17) is 5.73 Å². The van der Waals surface area contributed by atoms with E-state index in [1.165, 1.54) is 0 Å². The van der Waals surface area contributed by atoms with Gasteiger partial charge in [-0.1, -0.05) is 32.4 Å². The zero-order chi connectivity index (χ0) is 17.1. The summed E-state index contributed by atoms with van der Waals surface area (Å²) in [4.78, 5) is 16.5. The Morgan fingerprint density at radius 1 is 1.20 bits per heavy atom. The highest BCUT2D eigenvalue weighted by molar-refractivity contribution is 5.95. The second kappa shape index (κ2) is 8.14. The van der Waals surface area contributed by atoms with Gasteiger partial charge < -0.3 is 11.1 Å². The van der Waals surface area contributed by atoms with E-state index < -0.39 is 6.04 Å². The number of hydrogen-bond acceptors (Lipinski definition) is 3. The summed E-state index contributed by atoms with van der Waals surface area (Å²) < 4.78 is 2.02. The zero-order valence-electron chi connectivity index (χ0n) is 14.3. The highest BCUT2D eigenvalue weighted by Crippen LogP contribution is 2.20. The Hall–Kier alpha value is -2.37. The zero-order valence-corrected chi connectivity index (χ0v) is 15.2. The van der Waals surface area contributed by atoms with Crippen molar-refractivity contribution in [1.29, 1.82) is 0 Å². The third-order valence-corrected chi connectivity index (χ3v) is 4.43. The van der Waals surface area contributed by atoms with Crippen LogP contribution >= 0.6 is 12.4 Å². The van der Waals surface area contributed by atoms with Crippen LogP contribution in [0.3, 0.4) is 0 Å². The first-order chi connectivity index (χ1) is 11.6. The Bertz CT molecular complexity index is 844. The predicted molar refractivity (Wildman–Crippen MR) is 104 cm³/mol. The maximum absolute atomic E-state index is 12.1. The predicted octanol–water partition coefficient (Wildman–Crippen LogP) is 3.76. The molecule has 0 aliphatic carbocycles. The molecule has 0 saturated carbocycles. The maximum atomic E-state index is 12.1. The van der Waals surface area contributed by atoms with Crippen LogP contribution < -0.4 is 11.1 Å². The quantitative estimate of drug-likeness (QED) is 0.729. The van der Waals surface area contributed by atoms with Crippen molar-refractivity contribution in [3.05, 3.63) is 54.9 Å². The lowest BCUT2D eigenvalue weighted by atomic mass is 9.99. The lowest BCUT2D eigenvalue weighted by Crippen LogP contribution is -2.40. The van der Waals surface area contributed by atoms with Gasteiger partial charge in [-0.2, -0.15) is 0 Å². The first kappa shape index (κ1) is 19.0. The molecule has 2 atom stereocenters. The molecule has 0 aliphatic heterocycles. The van der Waals surface area contributed by atoms with Crippen molar-refractivity contribution in [2.45, 2.75) is 26.3 Å². The number of amides is 1. The normalized spacial score (nSPS) is 13.1. The molecule has 1 heterocycles. The Labute approximate surface area is 153 Å². The number of imidazole rings is 1. The van der Waals surface area contributed by atoms with E-state index in [9.17, 15) is 4.79 Å². The van der Waals surface area contributed by atoms with Crippen molar-refractivity contribution in [1.82, 2.24) is 9.55 Å². The molecule has 3 aromatic rings. The molecule has 3 rings (SSSR count). The number of aromatic nitrogens is 2. The van der Waals surface area contributed by atoms with Crippen molar-refractivity contribution in [3.8, 4) is 5.69 Å². The summed E-state index contributed by atoms with van der Waals surface area (Å²) in [6.07, 6.45) is 2.68. The lowest BCUT2D eigenvalue weighted by molar-refractivity contribution is -0.118. The number of rotatable bonds is 5. The Balaban J connectivity index is 0.00000225. The van der Waals surface area contributed by atoms with Gasteiger partial charge in [0.15, 0.2) is 0 Å². The number of nitrogens with two attached hydrogens (primary N) is 1. The Morgan fingerprint density at radius 3 is 2.56 bits per heavy atom. The van der Waals surface area contributed by atoms with Crippen LogP contribution in [0, 0.1) is 5.92 Å². The number of nitrogens with zero attached hydrogens (tertiary/aromatic N) is 2. The molecule has 0 radical (unpaired) electrons. The lowest BCUT2D eigenvalue weighted by Gasteiger charge is -2.17. The highest BCUT2D eigenvalue weighted by atomic mass is 35.5. The molecule has 0 fully saturated rings. The van der Waals surface area contributed by atoms with Crippen LogP contribution in [0.1, 0.15) is 20.3 Å². The van der Waals surface area contributed by atoms with Crippen LogP contribution in [-0.4, -0.2) is 21.5 Å². The SMILES string of the molecule is CCC(C)C(N)C(=O)Nc1ccc(-n2cnc3ccccc32)cc1.Cl. The summed E-state index contributed by atoms with van der Waals surface area (Å²) in [5.74, 6) is 0.00627. The summed E-state index contributed by atoms with van der Waals surface area (Å²) >= 11 is 0. The standard InChI is InChI=1S/C19H22N4O.ClH/c1-3-13(2)18(20)19(24)22-14-8-10-15(11-9-14)23-12-21-16-6-4-5-7-17(16)23;/h4-13,18H,3,20H2,1-2H3,(H,22,24);1H. The van der Waals surface area contributed by atoms with Crippen molar-refractivity contribution in [3.63, 3.8) is 0 Å². The third-order valence-electron chi connectivity index (χ3n) is 4.43. The minimum atomic E-state index is -0.493. The smallest absolute Gasteiger partial charge is 0.241 e. The summed E-state index contributed by atoms with van der Waals surface area (Å²) in [5, 5.41) is 2.88. The van der Waals surface area contributed by atoms with E-state index in [0.717, 1.165) is 28.8 Å². The average molecular weight is 359 g/mol. The van der Waals surface area contributed by atoms with Crippen molar-refractivity contribution >= 4 is 35.0 Å². The van der Waals surface area contributed by atoms with Gasteiger partial charge in [0.1, 0.15) is 6.33 Å². The van der Waals surface area contributed by atoms with Gasteiger partial charge in [0.25, 0.3) is 0 Å². The molecule has 5 nitrogen and oxygen atoms in total. The first-order valence-corrected chi connectivity index (χ1v) is 8.19. The van der Waals surface area contributed by atoms with Crippen molar-refractivity contribution in [2.24, 2.45) is 11.7 Å². The van der Waals surface area contributed by atoms with Gasteiger partial charge in [0.05, 0.1) is 17.1 Å². The minimum absolute atomic E-state index is 0. The molecule has 6 heteroatoms. The van der Waals surface area contributed by atoms with Crippen LogP contribution in [0.15, 0.2) is 54.9 Å². The second-order valence-corrected chi connectivity index (χ2v) is 6.05. The molecule has 132 valence electrons. The van der Waals surface area contributed by atoms with Crippen molar-refractivity contribution < 1.29 is 4.79 Å². The summed E-state index contributed by atoms with van der Waals surface area (Å²) in [6, 6.07) is 15.2. The van der Waals surface area contributed by atoms with E-state index in [1.807, 2.05) is 66.9 Å². The first-order valence-electron chi connectivity index (χ1n) is 8.19. The van der Waals surface area contributed by atoms with Gasteiger partial charge in [-0.15, -0.1) is 12.4 Å². The number of fused-ring (bicyclic) bond motifs is 1. The number of hydrogen-bond donors (Lipinski definition) is 2. The Kier molecular flexibility index (Phi) is 6.17. The molecular formula is C19H23ClN4O. The van der Waals surface area contributed by atoms with Crippen LogP contribution in [0.2, 0.25) is 0 Å². The van der Waals surface area contributed by atoms with Gasteiger partial charge in [0, 0.05) is 11.4 Å². The topological polar surface area (TPSA) is 72.9 Å². The van der Waals surface area contributed by atoms with E-state index >= 15 is 0 Å². The van der Waals surface area contributed by atoms with E-state index in [0.29, 0.717) is 0 Å². The van der Waals surface area contributed by atoms with Gasteiger partial charge in [-0.3, -0.25) is 9.36 Å². The molecule has 2 unspecified atom stereocenters. The largest absolute Gasteiger partial charge is 0.325 e. The summed E-state index contributed by atoms with van der Waals surface area (Å²) in [7, 11) is 0.